The molecule has 0 aliphatic heterocycles. The second kappa shape index (κ2) is 14.9. The van der Waals surface area contributed by atoms with Crippen LogP contribution < -0.4 is 10.1 Å². The van der Waals surface area contributed by atoms with Crippen molar-refractivity contribution < 1.29 is 9.18 Å². The van der Waals surface area contributed by atoms with Gasteiger partial charge in [0.25, 0.3) is 0 Å². The first-order valence-corrected chi connectivity index (χ1v) is 37.5. The number of nitrogens with zero attached hydrogens (tertiary/aromatic N) is 1. The van der Waals surface area contributed by atoms with E-state index in [4.69, 9.17) is 0 Å². The van der Waals surface area contributed by atoms with Gasteiger partial charge in [-0.05, 0) is 12.1 Å². The number of hydrogen-bond acceptors (Lipinski definition) is 1. The van der Waals surface area contributed by atoms with Gasteiger partial charge < -0.3 is 0 Å². The maximum atomic E-state index is 13.3. The summed E-state index contributed by atoms with van der Waals surface area (Å²) in [7, 11) is -5.44. The third kappa shape index (κ3) is 12.8. The molecule has 1 unspecified atom stereocenters. The Balaban J connectivity index is 3.04. The van der Waals surface area contributed by atoms with Gasteiger partial charge in [0.2, 0.25) is 0 Å². The quantitative estimate of drug-likeness (QED) is 0.100. The molecule has 220 valence electrons. The van der Waals surface area contributed by atoms with Crippen LogP contribution in [0.5, 0.6) is 0 Å². The van der Waals surface area contributed by atoms with Crippen LogP contribution in [0.2, 0.25) is 125 Å². The van der Waals surface area contributed by atoms with E-state index in [1.165, 1.54) is 24.3 Å². The van der Waals surface area contributed by atoms with Gasteiger partial charge in [-0.25, -0.2) is 4.79 Å². The van der Waals surface area contributed by atoms with E-state index in [0.29, 0.717) is 5.69 Å². The van der Waals surface area contributed by atoms with E-state index in [1.54, 1.807) is 34.8 Å². The first-order chi connectivity index (χ1) is 17.2. The molecule has 0 N–H and O–H groups in total. The van der Waals surface area contributed by atoms with Crippen LogP contribution in [-0.4, -0.2) is 71.9 Å². The third-order valence-corrected chi connectivity index (χ3v) is 46.4. The number of anilines is 1. The molecule has 2 nitrogen and oxygen atoms in total. The fourth-order valence-electron chi connectivity index (χ4n) is 7.39. The predicted octanol–water partition coefficient (Wildman–Crippen LogP) is 8.61. The summed E-state index contributed by atoms with van der Waals surface area (Å²) in [5, 5.41) is 1.35. The monoisotopic (exact) mass is 643 g/mol. The zero-order chi connectivity index (χ0) is 29.5. The van der Waals surface area contributed by atoms with E-state index in [-0.39, 0.29) is 0 Å². The molecule has 0 saturated heterocycles. The van der Waals surface area contributed by atoms with Gasteiger partial charge in [-0.2, -0.15) is 0 Å². The minimum absolute atomic E-state index is 0.509. The molecule has 0 fully saturated rings. The van der Waals surface area contributed by atoms with Crippen molar-refractivity contribution >= 4 is 75.7 Å². The van der Waals surface area contributed by atoms with Gasteiger partial charge in [0.15, 0.2) is 0 Å². The SMILES string of the molecule is CN(C(=O)F)c1cccc([Si](C)(C)CC[Si](C)(C)C[Si](C)(CC[Si](C)(C[SiH](C)C)C[SiH](C)C)C[SiH](C)C)c1. The maximum Gasteiger partial charge on any atom is 0.404 e. The van der Waals surface area contributed by atoms with Gasteiger partial charge in [-0.1, -0.05) is 143 Å². The van der Waals surface area contributed by atoms with Crippen LogP contribution >= 0.6 is 0 Å². The highest BCUT2D eigenvalue weighted by atomic mass is 28.4. The Bertz CT molecular complexity index is 884. The summed E-state index contributed by atoms with van der Waals surface area (Å²) >= 11 is 0. The maximum absolute atomic E-state index is 13.3. The predicted molar refractivity (Wildman–Crippen MR) is 194 cm³/mol. The third-order valence-electron chi connectivity index (χ3n) is 8.65. The normalized spacial score (nSPS) is 14.9. The molecule has 1 amide bonds. The molecule has 1 atom stereocenters. The molecule has 0 heterocycles. The molecule has 0 spiro atoms. The fraction of sp³-hybridized carbons (Fsp3) is 0.750. The largest absolute Gasteiger partial charge is 0.404 e. The van der Waals surface area contributed by atoms with Crippen LogP contribution in [0.25, 0.3) is 0 Å². The lowest BCUT2D eigenvalue weighted by atomic mass is 10.3. The molecule has 1 aromatic carbocycles. The summed E-state index contributed by atoms with van der Waals surface area (Å²) in [5.41, 5.74) is 7.26. The molecule has 0 aromatic heterocycles. The van der Waals surface area contributed by atoms with Crippen molar-refractivity contribution in [1.82, 2.24) is 0 Å². The second-order valence-electron chi connectivity index (χ2n) is 16.0. The zero-order valence-electron chi connectivity index (χ0n) is 27.4. The number of hydrogen-bond donors (Lipinski definition) is 0. The fourth-order valence-corrected chi connectivity index (χ4v) is 59.6. The zero-order valence-corrected chi connectivity index (χ0v) is 34.9. The van der Waals surface area contributed by atoms with Crippen molar-refractivity contribution in [3.8, 4) is 0 Å². The number of halogens is 1. The van der Waals surface area contributed by atoms with E-state index in [9.17, 15) is 9.18 Å². The first-order valence-electron chi connectivity index (χ1n) is 15.2. The number of benzene rings is 1. The van der Waals surface area contributed by atoms with Gasteiger partial charge in [-0.3, -0.25) is 4.90 Å². The first kappa shape index (κ1) is 36.2. The minimum Gasteiger partial charge on any atom is -0.287 e. The molecule has 0 saturated carbocycles. The highest BCUT2D eigenvalue weighted by Crippen LogP contribution is 2.37. The lowest BCUT2D eigenvalue weighted by Crippen LogP contribution is -2.48. The van der Waals surface area contributed by atoms with Crippen LogP contribution in [0.15, 0.2) is 24.3 Å². The standard InChI is InChI=1S/C28H62FNOSi7/c1-30(28(29)31)26-15-14-16-27(21-26)36(10,11)18-17-35(8,9)25-38(13,24-34(6)7)20-19-37(12,22-32(2)3)23-33(4)5/h14-16,21,32-34H,17-20,22-25H2,1-13H3. The minimum atomic E-state index is -1.68. The number of amides is 1. The average Bonchev–Trinajstić information content (AvgIpc) is 2.74. The van der Waals surface area contributed by atoms with Crippen molar-refractivity contribution in [2.24, 2.45) is 0 Å². The van der Waals surface area contributed by atoms with E-state index >= 15 is 0 Å². The topological polar surface area (TPSA) is 20.3 Å². The van der Waals surface area contributed by atoms with Crippen molar-refractivity contribution in [3.05, 3.63) is 24.3 Å². The van der Waals surface area contributed by atoms with Crippen LogP contribution in [0.1, 0.15) is 0 Å². The molecule has 0 aliphatic rings. The van der Waals surface area contributed by atoms with Gasteiger partial charge in [0.1, 0.15) is 0 Å². The summed E-state index contributed by atoms with van der Waals surface area (Å²) in [4.78, 5) is 12.4. The van der Waals surface area contributed by atoms with Gasteiger partial charge in [-0.15, -0.1) is 4.39 Å². The van der Waals surface area contributed by atoms with Gasteiger partial charge >= 0.3 is 6.16 Å². The average molecular weight is 644 g/mol. The molecule has 10 heteroatoms. The van der Waals surface area contributed by atoms with E-state index in [0.717, 1.165) is 4.90 Å². The Morgan fingerprint density at radius 1 is 0.763 bits per heavy atom. The van der Waals surface area contributed by atoms with Crippen molar-refractivity contribution in [3.63, 3.8) is 0 Å². The number of carbonyl (C=O) groups excluding carboxylic acids is 1. The smallest absolute Gasteiger partial charge is 0.287 e. The van der Waals surface area contributed by atoms with Gasteiger partial charge in [0.05, 0.1) is 8.07 Å². The summed E-state index contributed by atoms with van der Waals surface area (Å²) in [6.07, 6.45) is -1.39. The highest BCUT2D eigenvalue weighted by molar-refractivity contribution is 7.02. The van der Waals surface area contributed by atoms with Crippen molar-refractivity contribution in [2.45, 2.75) is 125 Å². The molecule has 0 aliphatic carbocycles. The molecule has 1 aromatic rings. The van der Waals surface area contributed by atoms with Crippen molar-refractivity contribution in [2.75, 3.05) is 11.9 Å². The molecule has 0 bridgehead atoms. The lowest BCUT2D eigenvalue weighted by Gasteiger charge is -2.40. The van der Waals surface area contributed by atoms with Gasteiger partial charge in [0, 0.05) is 63.3 Å². The summed E-state index contributed by atoms with van der Waals surface area (Å²) in [5.74, 6) is 0. The van der Waals surface area contributed by atoms with E-state index < -0.39 is 64.8 Å². The highest BCUT2D eigenvalue weighted by Gasteiger charge is 2.40. The Hall–Kier alpha value is 0.138. The van der Waals surface area contributed by atoms with E-state index in [2.05, 4.69) is 90.7 Å². The molecule has 0 radical (unpaired) electrons. The Morgan fingerprint density at radius 3 is 1.71 bits per heavy atom. The van der Waals surface area contributed by atoms with Crippen LogP contribution in [0, 0.1) is 0 Å². The molecule has 1 rings (SSSR count). The summed E-state index contributed by atoms with van der Waals surface area (Å²) in [6, 6.07) is 14.1. The molecular weight excluding hydrogens is 582 g/mol. The number of rotatable bonds is 16. The Kier molecular flexibility index (Phi) is 14.1. The second-order valence-corrected chi connectivity index (χ2v) is 48.6. The van der Waals surface area contributed by atoms with Crippen LogP contribution in [0.4, 0.5) is 14.9 Å². The molecular formula is C28H62FNOSi7. The van der Waals surface area contributed by atoms with Crippen LogP contribution in [-0.2, 0) is 0 Å². The summed E-state index contributed by atoms with van der Waals surface area (Å²) < 4.78 is 13.3. The molecule has 38 heavy (non-hydrogen) atoms. The Labute approximate surface area is 245 Å². The lowest BCUT2D eigenvalue weighted by molar-refractivity contribution is 0.229. The number of carbonyl (C=O) groups is 1. The summed E-state index contributed by atoms with van der Waals surface area (Å²) in [6.45, 7) is 31.5. The Morgan fingerprint density at radius 2 is 1.24 bits per heavy atom. The van der Waals surface area contributed by atoms with Crippen LogP contribution in [0.3, 0.4) is 0 Å². The van der Waals surface area contributed by atoms with Crippen molar-refractivity contribution in [1.29, 1.82) is 0 Å². The van der Waals surface area contributed by atoms with E-state index in [1.807, 2.05) is 12.1 Å².